The van der Waals surface area contributed by atoms with Crippen molar-refractivity contribution in [1.82, 2.24) is 0 Å². The average molecular weight is 247 g/mol. The minimum Gasteiger partial charge on any atom is -0.376 e. The Balaban J connectivity index is 1.83. The molecule has 3 unspecified atom stereocenters. The SMILES string of the molecule is CCC1CCCCC1OCC(N)c1ccccc1. The topological polar surface area (TPSA) is 35.2 Å². The molecule has 2 heteroatoms. The fourth-order valence-corrected chi connectivity index (χ4v) is 2.88. The molecule has 0 radical (unpaired) electrons. The quantitative estimate of drug-likeness (QED) is 0.861. The van der Waals surface area contributed by atoms with Crippen molar-refractivity contribution in [2.75, 3.05) is 6.61 Å². The van der Waals surface area contributed by atoms with Crippen molar-refractivity contribution in [3.8, 4) is 0 Å². The zero-order valence-corrected chi connectivity index (χ0v) is 11.3. The first-order valence-corrected chi connectivity index (χ1v) is 7.23. The molecule has 2 N–H and O–H groups in total. The van der Waals surface area contributed by atoms with E-state index < -0.39 is 0 Å². The molecule has 1 aliphatic rings. The molecule has 0 amide bonds. The summed E-state index contributed by atoms with van der Waals surface area (Å²) in [4.78, 5) is 0. The Hall–Kier alpha value is -0.860. The van der Waals surface area contributed by atoms with Gasteiger partial charge in [-0.1, -0.05) is 56.5 Å². The molecule has 2 rings (SSSR count). The standard InChI is InChI=1S/C16H25NO/c1-2-13-8-6-7-11-16(13)18-12-15(17)14-9-4-3-5-10-14/h3-5,9-10,13,15-16H,2,6-8,11-12,17H2,1H3. The second kappa shape index (κ2) is 6.91. The van der Waals surface area contributed by atoms with Gasteiger partial charge in [-0.2, -0.15) is 0 Å². The van der Waals surface area contributed by atoms with Crippen molar-refractivity contribution in [2.45, 2.75) is 51.2 Å². The van der Waals surface area contributed by atoms with E-state index >= 15 is 0 Å². The van der Waals surface area contributed by atoms with Crippen LogP contribution >= 0.6 is 0 Å². The maximum absolute atomic E-state index is 6.17. The summed E-state index contributed by atoms with van der Waals surface area (Å²) >= 11 is 0. The maximum Gasteiger partial charge on any atom is 0.0663 e. The van der Waals surface area contributed by atoms with E-state index in [1.54, 1.807) is 0 Å². The van der Waals surface area contributed by atoms with E-state index in [1.807, 2.05) is 18.2 Å². The lowest BCUT2D eigenvalue weighted by atomic mass is 9.85. The molecule has 0 heterocycles. The number of nitrogens with two attached hydrogens (primary N) is 1. The molecule has 2 nitrogen and oxygen atoms in total. The number of hydrogen-bond donors (Lipinski definition) is 1. The van der Waals surface area contributed by atoms with Crippen molar-refractivity contribution in [1.29, 1.82) is 0 Å². The van der Waals surface area contributed by atoms with E-state index in [4.69, 9.17) is 10.5 Å². The van der Waals surface area contributed by atoms with E-state index in [-0.39, 0.29) is 6.04 Å². The number of ether oxygens (including phenoxy) is 1. The van der Waals surface area contributed by atoms with Crippen LogP contribution in [0.3, 0.4) is 0 Å². The van der Waals surface area contributed by atoms with Gasteiger partial charge >= 0.3 is 0 Å². The van der Waals surface area contributed by atoms with Crippen LogP contribution in [0.5, 0.6) is 0 Å². The van der Waals surface area contributed by atoms with Gasteiger partial charge in [0.05, 0.1) is 18.8 Å². The van der Waals surface area contributed by atoms with Gasteiger partial charge in [0.2, 0.25) is 0 Å². The van der Waals surface area contributed by atoms with Crippen LogP contribution in [-0.2, 0) is 4.74 Å². The molecule has 1 fully saturated rings. The van der Waals surface area contributed by atoms with E-state index in [2.05, 4.69) is 19.1 Å². The fourth-order valence-electron chi connectivity index (χ4n) is 2.88. The Bertz CT molecular complexity index is 338. The summed E-state index contributed by atoms with van der Waals surface area (Å²) in [6.07, 6.45) is 6.86. The normalized spacial score (nSPS) is 25.9. The van der Waals surface area contributed by atoms with Crippen LogP contribution < -0.4 is 5.73 Å². The Morgan fingerprint density at radius 2 is 1.94 bits per heavy atom. The zero-order valence-electron chi connectivity index (χ0n) is 11.3. The van der Waals surface area contributed by atoms with Gasteiger partial charge in [-0.25, -0.2) is 0 Å². The monoisotopic (exact) mass is 247 g/mol. The van der Waals surface area contributed by atoms with Gasteiger partial charge in [0.15, 0.2) is 0 Å². The van der Waals surface area contributed by atoms with Crippen LogP contribution in [0.15, 0.2) is 30.3 Å². The molecule has 0 aliphatic heterocycles. The molecule has 1 aromatic carbocycles. The number of rotatable bonds is 5. The molecule has 100 valence electrons. The summed E-state index contributed by atoms with van der Waals surface area (Å²) in [7, 11) is 0. The van der Waals surface area contributed by atoms with Gasteiger partial charge in [-0.15, -0.1) is 0 Å². The van der Waals surface area contributed by atoms with Gasteiger partial charge in [0.25, 0.3) is 0 Å². The lowest BCUT2D eigenvalue weighted by Gasteiger charge is -2.31. The highest BCUT2D eigenvalue weighted by Gasteiger charge is 2.24. The largest absolute Gasteiger partial charge is 0.376 e. The van der Waals surface area contributed by atoms with Crippen LogP contribution in [0.25, 0.3) is 0 Å². The second-order valence-electron chi connectivity index (χ2n) is 5.34. The van der Waals surface area contributed by atoms with E-state index in [0.29, 0.717) is 12.7 Å². The van der Waals surface area contributed by atoms with E-state index in [0.717, 1.165) is 5.92 Å². The van der Waals surface area contributed by atoms with Crippen molar-refractivity contribution in [3.63, 3.8) is 0 Å². The first-order chi connectivity index (χ1) is 8.81. The zero-order chi connectivity index (χ0) is 12.8. The summed E-state index contributed by atoms with van der Waals surface area (Å²) < 4.78 is 6.08. The second-order valence-corrected chi connectivity index (χ2v) is 5.34. The number of hydrogen-bond acceptors (Lipinski definition) is 2. The molecule has 3 atom stereocenters. The third kappa shape index (κ3) is 3.56. The molecule has 0 spiro atoms. The van der Waals surface area contributed by atoms with Gasteiger partial charge in [-0.3, -0.25) is 0 Å². The van der Waals surface area contributed by atoms with Crippen molar-refractivity contribution >= 4 is 0 Å². The van der Waals surface area contributed by atoms with Crippen molar-refractivity contribution < 1.29 is 4.74 Å². The maximum atomic E-state index is 6.17. The van der Waals surface area contributed by atoms with Gasteiger partial charge in [0.1, 0.15) is 0 Å². The third-order valence-corrected chi connectivity index (χ3v) is 4.08. The Labute approximate surface area is 111 Å². The predicted octanol–water partition coefficient (Wildman–Crippen LogP) is 3.67. The van der Waals surface area contributed by atoms with Crippen molar-refractivity contribution in [3.05, 3.63) is 35.9 Å². The Morgan fingerprint density at radius 3 is 2.67 bits per heavy atom. The number of benzene rings is 1. The summed E-state index contributed by atoms with van der Waals surface area (Å²) in [5.74, 6) is 0.738. The molecule has 0 aromatic heterocycles. The molecule has 1 saturated carbocycles. The third-order valence-electron chi connectivity index (χ3n) is 4.08. The molecule has 0 saturated heterocycles. The molecular formula is C16H25NO. The van der Waals surface area contributed by atoms with Crippen LogP contribution in [-0.4, -0.2) is 12.7 Å². The Morgan fingerprint density at radius 1 is 1.22 bits per heavy atom. The lowest BCUT2D eigenvalue weighted by molar-refractivity contribution is -0.0180. The summed E-state index contributed by atoms with van der Waals surface area (Å²) in [6.45, 7) is 2.91. The van der Waals surface area contributed by atoms with Crippen molar-refractivity contribution in [2.24, 2.45) is 11.7 Å². The van der Waals surface area contributed by atoms with Crippen LogP contribution in [0.1, 0.15) is 50.6 Å². The van der Waals surface area contributed by atoms with Gasteiger partial charge in [-0.05, 0) is 24.3 Å². The molecule has 1 aromatic rings. The summed E-state index contributed by atoms with van der Waals surface area (Å²) in [5, 5.41) is 0. The first-order valence-electron chi connectivity index (χ1n) is 7.23. The average Bonchev–Trinajstić information content (AvgIpc) is 2.46. The molecule has 0 bridgehead atoms. The highest BCUT2D eigenvalue weighted by atomic mass is 16.5. The lowest BCUT2D eigenvalue weighted by Crippen LogP contribution is -2.30. The minimum atomic E-state index is 0.00522. The summed E-state index contributed by atoms with van der Waals surface area (Å²) in [5.41, 5.74) is 7.34. The van der Waals surface area contributed by atoms with Crippen LogP contribution in [0.2, 0.25) is 0 Å². The fraction of sp³-hybridized carbons (Fsp3) is 0.625. The van der Waals surface area contributed by atoms with Crippen LogP contribution in [0.4, 0.5) is 0 Å². The molecule has 18 heavy (non-hydrogen) atoms. The minimum absolute atomic E-state index is 0.00522. The van der Waals surface area contributed by atoms with Gasteiger partial charge in [0, 0.05) is 0 Å². The molecular weight excluding hydrogens is 222 g/mol. The van der Waals surface area contributed by atoms with Gasteiger partial charge < -0.3 is 10.5 Å². The highest BCUT2D eigenvalue weighted by molar-refractivity contribution is 5.18. The summed E-state index contributed by atoms with van der Waals surface area (Å²) in [6, 6.07) is 10.2. The highest BCUT2D eigenvalue weighted by Crippen LogP contribution is 2.29. The van der Waals surface area contributed by atoms with E-state index in [9.17, 15) is 0 Å². The van der Waals surface area contributed by atoms with E-state index in [1.165, 1.54) is 37.7 Å². The molecule has 1 aliphatic carbocycles. The van der Waals surface area contributed by atoms with Crippen LogP contribution in [0, 0.1) is 5.92 Å². The first kappa shape index (κ1) is 13.6. The Kier molecular flexibility index (Phi) is 5.21. The smallest absolute Gasteiger partial charge is 0.0663 e. The predicted molar refractivity (Wildman–Crippen MR) is 75.4 cm³/mol.